The Morgan fingerprint density at radius 3 is 2.56 bits per heavy atom. The molecule has 0 bridgehead atoms. The summed E-state index contributed by atoms with van der Waals surface area (Å²) in [7, 11) is 0. The Bertz CT molecular complexity index is 743. The number of likely N-dealkylation sites (tertiary alicyclic amines) is 1. The van der Waals surface area contributed by atoms with E-state index >= 15 is 0 Å². The average molecular weight is 389 g/mol. The van der Waals surface area contributed by atoms with E-state index in [9.17, 15) is 14.0 Å². The molecule has 2 amide bonds. The van der Waals surface area contributed by atoms with Crippen molar-refractivity contribution >= 4 is 23.6 Å². The minimum Gasteiger partial charge on any atom is -0.339 e. The van der Waals surface area contributed by atoms with Gasteiger partial charge in [-0.3, -0.25) is 9.59 Å². The summed E-state index contributed by atoms with van der Waals surface area (Å²) < 4.78 is 13.2. The molecular weight excluding hydrogens is 363 g/mol. The maximum atomic E-state index is 13.2. The summed E-state index contributed by atoms with van der Waals surface area (Å²) in [4.78, 5) is 30.1. The molecule has 0 radical (unpaired) electrons. The third-order valence-electron chi connectivity index (χ3n) is 5.76. The number of fused-ring (bicyclic) bond motifs is 1. The number of amides is 2. The predicted octanol–water partition coefficient (Wildman–Crippen LogP) is 3.72. The van der Waals surface area contributed by atoms with Crippen LogP contribution in [-0.2, 0) is 16.1 Å². The van der Waals surface area contributed by atoms with Gasteiger partial charge in [0.05, 0.1) is 4.91 Å². The molecule has 2 unspecified atom stereocenters. The van der Waals surface area contributed by atoms with Gasteiger partial charge < -0.3 is 9.80 Å². The van der Waals surface area contributed by atoms with E-state index in [4.69, 9.17) is 0 Å². The van der Waals surface area contributed by atoms with Gasteiger partial charge in [0.15, 0.2) is 0 Å². The summed E-state index contributed by atoms with van der Waals surface area (Å²) in [5.41, 5.74) is 0.922. The first-order valence-electron chi connectivity index (χ1n) is 9.84. The third kappa shape index (κ3) is 4.05. The van der Waals surface area contributed by atoms with Gasteiger partial charge >= 0.3 is 0 Å². The molecule has 1 aromatic rings. The standard InChI is InChI=1S/C21H25FN2O2S/c22-16-9-7-15(8-10-16)14-24-17-5-1-2-6-18(17)27-19(21(24)26)13-20(25)23-11-3-4-12-23/h7-10,13,17-18H,1-6,11-12,14H2/b19-13+. The third-order valence-corrected chi connectivity index (χ3v) is 7.16. The lowest BCUT2D eigenvalue weighted by Gasteiger charge is -2.44. The van der Waals surface area contributed by atoms with E-state index in [-0.39, 0.29) is 23.7 Å². The number of carbonyl (C=O) groups is 2. The Hall–Kier alpha value is -1.82. The summed E-state index contributed by atoms with van der Waals surface area (Å²) >= 11 is 1.59. The first kappa shape index (κ1) is 18.5. The van der Waals surface area contributed by atoms with Gasteiger partial charge in [-0.15, -0.1) is 11.8 Å². The second-order valence-corrected chi connectivity index (χ2v) is 8.89. The topological polar surface area (TPSA) is 40.6 Å². The molecule has 2 heterocycles. The monoisotopic (exact) mass is 388 g/mol. The molecule has 6 heteroatoms. The van der Waals surface area contributed by atoms with E-state index in [1.54, 1.807) is 30.0 Å². The van der Waals surface area contributed by atoms with Crippen LogP contribution in [0.3, 0.4) is 0 Å². The van der Waals surface area contributed by atoms with Crippen molar-refractivity contribution in [3.05, 3.63) is 46.6 Å². The van der Waals surface area contributed by atoms with Gasteiger partial charge in [-0.25, -0.2) is 4.39 Å². The van der Waals surface area contributed by atoms with Crippen LogP contribution >= 0.6 is 11.8 Å². The maximum Gasteiger partial charge on any atom is 0.261 e. The highest BCUT2D eigenvalue weighted by atomic mass is 32.2. The molecule has 0 spiro atoms. The quantitative estimate of drug-likeness (QED) is 0.741. The lowest BCUT2D eigenvalue weighted by molar-refractivity contribution is -0.131. The molecule has 144 valence electrons. The van der Waals surface area contributed by atoms with Crippen LogP contribution < -0.4 is 0 Å². The summed E-state index contributed by atoms with van der Waals surface area (Å²) in [6.07, 6.45) is 7.99. The van der Waals surface area contributed by atoms with E-state index in [2.05, 4.69) is 0 Å². The summed E-state index contributed by atoms with van der Waals surface area (Å²) in [6.45, 7) is 2.04. The number of hydrogen-bond acceptors (Lipinski definition) is 3. The summed E-state index contributed by atoms with van der Waals surface area (Å²) in [5, 5.41) is 0.342. The van der Waals surface area contributed by atoms with Gasteiger partial charge in [-0.05, 0) is 43.4 Å². The van der Waals surface area contributed by atoms with E-state index in [0.29, 0.717) is 16.7 Å². The molecule has 1 saturated carbocycles. The van der Waals surface area contributed by atoms with Crippen LogP contribution in [0.1, 0.15) is 44.1 Å². The highest BCUT2D eigenvalue weighted by Gasteiger charge is 2.40. The van der Waals surface area contributed by atoms with Crippen molar-refractivity contribution in [2.45, 2.75) is 56.4 Å². The zero-order valence-corrected chi connectivity index (χ0v) is 16.2. The molecule has 3 fully saturated rings. The zero-order valence-electron chi connectivity index (χ0n) is 15.4. The van der Waals surface area contributed by atoms with E-state index < -0.39 is 0 Å². The van der Waals surface area contributed by atoms with Crippen molar-refractivity contribution < 1.29 is 14.0 Å². The van der Waals surface area contributed by atoms with Crippen molar-refractivity contribution in [1.29, 1.82) is 0 Å². The summed E-state index contributed by atoms with van der Waals surface area (Å²) in [6, 6.07) is 6.54. The largest absolute Gasteiger partial charge is 0.339 e. The number of halogens is 1. The second kappa shape index (κ2) is 8.05. The normalized spacial score (nSPS) is 27.1. The Morgan fingerprint density at radius 2 is 1.81 bits per heavy atom. The average Bonchev–Trinajstić information content (AvgIpc) is 3.21. The van der Waals surface area contributed by atoms with E-state index in [1.807, 2.05) is 9.80 Å². The SMILES string of the molecule is O=C(/C=C1/SC2CCCCC2N(Cc2ccc(F)cc2)C1=O)N1CCCC1. The first-order valence-corrected chi connectivity index (χ1v) is 10.7. The molecule has 4 nitrogen and oxygen atoms in total. The summed E-state index contributed by atoms with van der Waals surface area (Å²) in [5.74, 6) is -0.369. The number of rotatable bonds is 3. The van der Waals surface area contributed by atoms with Crippen LogP contribution in [0.25, 0.3) is 0 Å². The van der Waals surface area contributed by atoms with Crippen molar-refractivity contribution in [2.75, 3.05) is 13.1 Å². The Labute approximate surface area is 163 Å². The van der Waals surface area contributed by atoms with Crippen LogP contribution in [0, 0.1) is 5.82 Å². The number of carbonyl (C=O) groups excluding carboxylic acids is 2. The molecule has 3 aliphatic rings. The van der Waals surface area contributed by atoms with Gasteiger partial charge in [0.25, 0.3) is 5.91 Å². The highest BCUT2D eigenvalue weighted by Crippen LogP contribution is 2.42. The fourth-order valence-corrected chi connectivity index (χ4v) is 5.73. The highest BCUT2D eigenvalue weighted by molar-refractivity contribution is 8.04. The second-order valence-electron chi connectivity index (χ2n) is 7.61. The van der Waals surface area contributed by atoms with Crippen molar-refractivity contribution in [1.82, 2.24) is 9.80 Å². The molecule has 2 saturated heterocycles. The lowest BCUT2D eigenvalue weighted by atomic mass is 9.92. The smallest absolute Gasteiger partial charge is 0.261 e. The molecule has 2 atom stereocenters. The Balaban J connectivity index is 1.57. The fourth-order valence-electron chi connectivity index (χ4n) is 4.29. The predicted molar refractivity (Wildman–Crippen MR) is 104 cm³/mol. The van der Waals surface area contributed by atoms with Crippen molar-refractivity contribution in [2.24, 2.45) is 0 Å². The molecule has 0 aromatic heterocycles. The molecule has 0 N–H and O–H groups in total. The van der Waals surface area contributed by atoms with Crippen LogP contribution in [0.4, 0.5) is 4.39 Å². The minimum atomic E-state index is -0.272. The number of hydrogen-bond donors (Lipinski definition) is 0. The maximum absolute atomic E-state index is 13.2. The zero-order chi connectivity index (χ0) is 18.8. The molecule has 1 aromatic carbocycles. The van der Waals surface area contributed by atoms with Gasteiger partial charge in [0.1, 0.15) is 5.82 Å². The minimum absolute atomic E-state index is 0.0423. The van der Waals surface area contributed by atoms with E-state index in [1.165, 1.54) is 18.6 Å². The van der Waals surface area contributed by atoms with Gasteiger partial charge in [0.2, 0.25) is 5.91 Å². The molecule has 1 aliphatic carbocycles. The number of thioether (sulfide) groups is 1. The van der Waals surface area contributed by atoms with Crippen LogP contribution in [-0.4, -0.2) is 46.0 Å². The van der Waals surface area contributed by atoms with Gasteiger partial charge in [-0.2, -0.15) is 0 Å². The number of nitrogens with zero attached hydrogens (tertiary/aromatic N) is 2. The van der Waals surface area contributed by atoms with Crippen LogP contribution in [0.2, 0.25) is 0 Å². The van der Waals surface area contributed by atoms with E-state index in [0.717, 1.165) is 50.8 Å². The van der Waals surface area contributed by atoms with Crippen LogP contribution in [0.5, 0.6) is 0 Å². The number of benzene rings is 1. The van der Waals surface area contributed by atoms with Gasteiger partial charge in [-0.1, -0.05) is 25.0 Å². The van der Waals surface area contributed by atoms with Gasteiger partial charge in [0, 0.05) is 37.0 Å². The Morgan fingerprint density at radius 1 is 1.11 bits per heavy atom. The first-order chi connectivity index (χ1) is 13.1. The van der Waals surface area contributed by atoms with Crippen molar-refractivity contribution in [3.8, 4) is 0 Å². The molecule has 27 heavy (non-hydrogen) atoms. The van der Waals surface area contributed by atoms with Crippen molar-refractivity contribution in [3.63, 3.8) is 0 Å². The lowest BCUT2D eigenvalue weighted by Crippen LogP contribution is -2.51. The van der Waals surface area contributed by atoms with Crippen LogP contribution in [0.15, 0.2) is 35.2 Å². The molecule has 4 rings (SSSR count). The molecule has 2 aliphatic heterocycles. The molecular formula is C21H25FN2O2S. The fraction of sp³-hybridized carbons (Fsp3) is 0.524. The Kier molecular flexibility index (Phi) is 5.53.